The van der Waals surface area contributed by atoms with Crippen LogP contribution < -0.4 is 10.2 Å². The van der Waals surface area contributed by atoms with Gasteiger partial charge >= 0.3 is 22.4 Å². The van der Waals surface area contributed by atoms with Crippen LogP contribution in [-0.2, 0) is 32.0 Å². The minimum absolute atomic E-state index is 0. The van der Waals surface area contributed by atoms with Crippen LogP contribution in [0.5, 0.6) is 0 Å². The fourth-order valence-corrected chi connectivity index (χ4v) is 1.44. The summed E-state index contributed by atoms with van der Waals surface area (Å²) in [6.45, 7) is 6.74. The maximum Gasteiger partial charge on any atom is 3.00 e. The van der Waals surface area contributed by atoms with E-state index in [0.29, 0.717) is 0 Å². The van der Waals surface area contributed by atoms with Crippen molar-refractivity contribution in [2.75, 3.05) is 11.5 Å². The molecule has 0 N–H and O–H groups in total. The third-order valence-electron chi connectivity index (χ3n) is 2.54. The van der Waals surface area contributed by atoms with Gasteiger partial charge in [0.05, 0.1) is 11.9 Å². The summed E-state index contributed by atoms with van der Waals surface area (Å²) in [6.07, 6.45) is 11.3. The van der Waals surface area contributed by atoms with Gasteiger partial charge in [0, 0.05) is 11.5 Å². The van der Waals surface area contributed by atoms with E-state index in [1.54, 1.807) is 5.92 Å². The molecule has 0 heterocycles. The third kappa shape index (κ3) is 51.9. The van der Waals surface area contributed by atoms with Gasteiger partial charge in [0.1, 0.15) is 0 Å². The summed E-state index contributed by atoms with van der Waals surface area (Å²) in [5, 5.41) is 18.4. The second-order valence-corrected chi connectivity index (χ2v) is 5.77. The predicted molar refractivity (Wildman–Crippen MR) is 94.9 cm³/mol. The van der Waals surface area contributed by atoms with Gasteiger partial charge in [-0.25, -0.2) is 0 Å². The number of carbonyl (C=O) groups is 2. The number of rotatable bonds is 10. The van der Waals surface area contributed by atoms with Crippen molar-refractivity contribution in [3.8, 4) is 0 Å². The number of thiol groups is 2. The van der Waals surface area contributed by atoms with Gasteiger partial charge in [-0.3, -0.25) is 0 Å². The summed E-state index contributed by atoms with van der Waals surface area (Å²) < 4.78 is 0. The molecule has 0 spiro atoms. The minimum Gasteiger partial charge on any atom is -0.549 e. The summed E-state index contributed by atoms with van der Waals surface area (Å²) in [7, 11) is 0. The molecule has 0 atom stereocenters. The topological polar surface area (TPSA) is 80.3 Å². The van der Waals surface area contributed by atoms with E-state index in [1.165, 1.54) is 51.4 Å². The molecule has 0 aromatic heterocycles. The van der Waals surface area contributed by atoms with Gasteiger partial charge in [-0.15, -0.1) is 0 Å². The van der Waals surface area contributed by atoms with E-state index in [0.717, 1.165) is 0 Å². The number of unbranched alkanes of at least 4 members (excludes halogenated alkanes) is 6. The van der Waals surface area contributed by atoms with Crippen LogP contribution in [0.3, 0.4) is 0 Å². The molecular weight excluding hydrogens is 517 g/mol. The Morgan fingerprint density at radius 3 is 1.39 bits per heavy atom. The molecule has 0 amide bonds. The number of carboxylic acids is 2. The number of hydrogen-bond acceptors (Lipinski definition) is 6. The van der Waals surface area contributed by atoms with Gasteiger partial charge in [-0.05, 0) is 0 Å². The molecule has 0 unspecified atom stereocenters. The Kier molecular flexibility index (Phi) is 36.9. The van der Waals surface area contributed by atoms with Gasteiger partial charge < -0.3 is 25.7 Å². The number of aliphatic carboxylic acids is 2. The molecule has 0 bridgehead atoms. The molecular formula is C16H31AuO4S2. The Balaban J connectivity index is -0.000000137. The molecule has 4 nitrogen and oxygen atoms in total. The minimum atomic E-state index is -1.13. The monoisotopic (exact) mass is 548 g/mol. The Labute approximate surface area is 168 Å². The second-order valence-electron chi connectivity index (χ2n) is 5.14. The molecule has 0 saturated carbocycles. The first kappa shape index (κ1) is 31.2. The largest absolute Gasteiger partial charge is 3.00 e. The quantitative estimate of drug-likeness (QED) is 0.190. The first-order valence-electron chi connectivity index (χ1n) is 7.72. The van der Waals surface area contributed by atoms with Crippen LogP contribution in [0.25, 0.3) is 0 Å². The van der Waals surface area contributed by atoms with Crippen molar-refractivity contribution in [1.82, 2.24) is 0 Å². The molecule has 0 aromatic rings. The maximum absolute atomic E-state index is 9.18. The van der Waals surface area contributed by atoms with E-state index in [9.17, 15) is 19.8 Å². The molecule has 0 radical (unpaired) electrons. The van der Waals surface area contributed by atoms with Crippen molar-refractivity contribution < 1.29 is 42.2 Å². The Morgan fingerprint density at radius 1 is 0.826 bits per heavy atom. The standard InChI is InChI=1S/C12H25.2C2H4O2S.Au/c1-4-5-6-7-8-9-10-11-12(2)3;2*3-2(4)1-5;/h4-11H2,1-3H3;2*5H,1H2,(H,3,4);/q-1;;;+3/p-2. The first-order chi connectivity index (χ1) is 10.3. The van der Waals surface area contributed by atoms with Crippen molar-refractivity contribution in [2.24, 2.45) is 0 Å². The zero-order valence-corrected chi connectivity index (χ0v) is 18.4. The van der Waals surface area contributed by atoms with Crippen molar-refractivity contribution in [3.05, 3.63) is 5.92 Å². The zero-order valence-electron chi connectivity index (χ0n) is 14.4. The molecule has 0 aliphatic rings. The molecule has 0 fully saturated rings. The van der Waals surface area contributed by atoms with E-state index < -0.39 is 11.9 Å². The molecule has 0 aliphatic carbocycles. The Bertz CT molecular complexity index is 238. The van der Waals surface area contributed by atoms with E-state index in [4.69, 9.17) is 0 Å². The first-order valence-corrected chi connectivity index (χ1v) is 8.98. The molecule has 142 valence electrons. The fraction of sp³-hybridized carbons (Fsp3) is 0.812. The summed E-state index contributed by atoms with van der Waals surface area (Å²) in [5.41, 5.74) is 0. The normalized spacial score (nSPS) is 8.96. The fourth-order valence-electron chi connectivity index (χ4n) is 1.44. The van der Waals surface area contributed by atoms with E-state index in [1.807, 2.05) is 0 Å². The Hall–Kier alpha value is 0.380. The van der Waals surface area contributed by atoms with Gasteiger partial charge in [0.25, 0.3) is 0 Å². The predicted octanol–water partition coefficient (Wildman–Crippen LogP) is 2.07. The van der Waals surface area contributed by atoms with Gasteiger partial charge in [-0.2, -0.15) is 45.5 Å². The maximum atomic E-state index is 9.18. The molecule has 0 rings (SSSR count). The van der Waals surface area contributed by atoms with Crippen LogP contribution in [0.1, 0.15) is 72.1 Å². The van der Waals surface area contributed by atoms with Gasteiger partial charge in [-0.1, -0.05) is 51.9 Å². The van der Waals surface area contributed by atoms with Gasteiger partial charge in [0.2, 0.25) is 0 Å². The summed E-state index contributed by atoms with van der Waals surface area (Å²) >= 11 is 6.71. The van der Waals surface area contributed by atoms with Crippen molar-refractivity contribution >= 4 is 37.2 Å². The summed E-state index contributed by atoms with van der Waals surface area (Å²) in [4.78, 5) is 18.4. The Morgan fingerprint density at radius 2 is 1.13 bits per heavy atom. The van der Waals surface area contributed by atoms with Crippen LogP contribution in [0.15, 0.2) is 0 Å². The molecule has 7 heteroatoms. The van der Waals surface area contributed by atoms with Crippen molar-refractivity contribution in [1.29, 1.82) is 0 Å². The van der Waals surface area contributed by atoms with Crippen LogP contribution in [-0.4, -0.2) is 23.4 Å². The molecule has 0 saturated heterocycles. The average molecular weight is 549 g/mol. The average Bonchev–Trinajstić information content (AvgIpc) is 2.47. The van der Waals surface area contributed by atoms with Crippen LogP contribution in [0, 0.1) is 5.92 Å². The van der Waals surface area contributed by atoms with Crippen molar-refractivity contribution in [3.63, 3.8) is 0 Å². The number of carboxylic acid groups (broad SMARTS) is 2. The number of carbonyl (C=O) groups excluding carboxylic acids is 2. The van der Waals surface area contributed by atoms with Gasteiger partial charge in [0.15, 0.2) is 0 Å². The smallest absolute Gasteiger partial charge is 0.549 e. The van der Waals surface area contributed by atoms with Crippen LogP contribution >= 0.6 is 25.3 Å². The summed E-state index contributed by atoms with van der Waals surface area (Å²) in [5.74, 6) is -1.06. The SMILES string of the molecule is CCCCCCCCC[C-](C)C.O=C([O-])CS.O=C([O-])CS.[Au+3]. The number of hydrogen-bond donors (Lipinski definition) is 2. The molecule has 0 aliphatic heterocycles. The van der Waals surface area contributed by atoms with E-state index in [-0.39, 0.29) is 33.9 Å². The third-order valence-corrected chi connectivity index (χ3v) is 3.05. The zero-order chi connectivity index (χ0) is 17.8. The van der Waals surface area contributed by atoms with E-state index in [2.05, 4.69) is 46.0 Å². The van der Waals surface area contributed by atoms with Crippen molar-refractivity contribution in [2.45, 2.75) is 72.1 Å². The summed E-state index contributed by atoms with van der Waals surface area (Å²) in [6, 6.07) is 0. The van der Waals surface area contributed by atoms with Crippen LogP contribution in [0.2, 0.25) is 0 Å². The van der Waals surface area contributed by atoms with E-state index >= 15 is 0 Å². The van der Waals surface area contributed by atoms with Crippen LogP contribution in [0.4, 0.5) is 0 Å². The molecule has 23 heavy (non-hydrogen) atoms. The second kappa shape index (κ2) is 27.2. The molecule has 0 aromatic carbocycles.